The minimum absolute atomic E-state index is 0.0479. The highest BCUT2D eigenvalue weighted by Gasteiger charge is 2.29. The second kappa shape index (κ2) is 10.1. The molecule has 35 heavy (non-hydrogen) atoms. The van der Waals surface area contributed by atoms with Crippen LogP contribution in [0.25, 0.3) is 0 Å². The van der Waals surface area contributed by atoms with E-state index in [9.17, 15) is 13.2 Å². The second-order valence-electron chi connectivity index (χ2n) is 7.99. The molecule has 0 radical (unpaired) electrons. The van der Waals surface area contributed by atoms with Crippen LogP contribution in [0, 0.1) is 0 Å². The van der Waals surface area contributed by atoms with Crippen molar-refractivity contribution in [1.82, 2.24) is 4.90 Å². The number of carbonyl (C=O) groups excluding carboxylic acids is 1. The Morgan fingerprint density at radius 3 is 2.57 bits per heavy atom. The third-order valence-corrected chi connectivity index (χ3v) is 7.20. The summed E-state index contributed by atoms with van der Waals surface area (Å²) >= 11 is 5.95. The van der Waals surface area contributed by atoms with Gasteiger partial charge in [-0.1, -0.05) is 29.8 Å². The van der Waals surface area contributed by atoms with Gasteiger partial charge >= 0.3 is 0 Å². The molecule has 1 aliphatic rings. The number of hydrogen-bond acceptors (Lipinski definition) is 6. The number of methoxy groups -OCH3 is 2. The largest absolute Gasteiger partial charge is 0.493 e. The number of ether oxygens (including phenoxy) is 3. The van der Waals surface area contributed by atoms with E-state index < -0.39 is 16.1 Å². The van der Waals surface area contributed by atoms with Gasteiger partial charge in [0, 0.05) is 34.9 Å². The molecule has 1 heterocycles. The van der Waals surface area contributed by atoms with Gasteiger partial charge < -0.3 is 19.1 Å². The van der Waals surface area contributed by atoms with Crippen molar-refractivity contribution in [3.63, 3.8) is 0 Å². The topological polar surface area (TPSA) is 94.2 Å². The summed E-state index contributed by atoms with van der Waals surface area (Å²) in [6, 6.07) is 16.4. The summed E-state index contributed by atoms with van der Waals surface area (Å²) in [7, 11) is -0.759. The fourth-order valence-corrected chi connectivity index (χ4v) is 5.28. The minimum Gasteiger partial charge on any atom is -0.493 e. The maximum absolute atomic E-state index is 13.1. The molecule has 0 saturated carbocycles. The van der Waals surface area contributed by atoms with E-state index in [0.29, 0.717) is 33.5 Å². The van der Waals surface area contributed by atoms with Gasteiger partial charge in [-0.15, -0.1) is 0 Å². The summed E-state index contributed by atoms with van der Waals surface area (Å²) in [4.78, 5) is 14.8. The molecule has 0 unspecified atom stereocenters. The quantitative estimate of drug-likeness (QED) is 0.498. The molecule has 1 atom stereocenters. The van der Waals surface area contributed by atoms with Gasteiger partial charge in [-0.05, 0) is 49.4 Å². The highest BCUT2D eigenvalue weighted by molar-refractivity contribution is 7.92. The zero-order chi connectivity index (χ0) is 25.2. The van der Waals surface area contributed by atoms with Crippen LogP contribution in [-0.4, -0.2) is 39.5 Å². The highest BCUT2D eigenvalue weighted by atomic mass is 35.5. The van der Waals surface area contributed by atoms with Crippen LogP contribution < -0.4 is 18.9 Å². The van der Waals surface area contributed by atoms with Crippen molar-refractivity contribution in [1.29, 1.82) is 0 Å². The Labute approximate surface area is 209 Å². The van der Waals surface area contributed by atoms with Crippen molar-refractivity contribution in [3.8, 4) is 17.2 Å². The molecular weight excluding hydrogens is 492 g/mol. The van der Waals surface area contributed by atoms with Crippen molar-refractivity contribution < 1.29 is 27.4 Å². The second-order valence-corrected chi connectivity index (χ2v) is 10.1. The summed E-state index contributed by atoms with van der Waals surface area (Å²) < 4.78 is 45.0. The van der Waals surface area contributed by atoms with Gasteiger partial charge in [0.15, 0.2) is 17.6 Å². The molecular formula is C25H25ClN2O6S. The molecule has 3 aromatic rings. The SMILES string of the molecule is COc1cccc(CN2Cc3cc(NS(=O)(=O)c4cccc(Cl)c4)ccc3O[C@H](C)C2=O)c1OC. The molecule has 1 amide bonds. The van der Waals surface area contributed by atoms with E-state index >= 15 is 0 Å². The van der Waals surface area contributed by atoms with Gasteiger partial charge in [-0.3, -0.25) is 9.52 Å². The first-order chi connectivity index (χ1) is 16.7. The molecule has 0 spiro atoms. The van der Waals surface area contributed by atoms with Crippen molar-refractivity contribution in [2.45, 2.75) is 31.0 Å². The van der Waals surface area contributed by atoms with Crippen LogP contribution in [0.4, 0.5) is 5.69 Å². The van der Waals surface area contributed by atoms with Crippen molar-refractivity contribution in [2.24, 2.45) is 0 Å². The van der Waals surface area contributed by atoms with Gasteiger partial charge in [-0.25, -0.2) is 8.42 Å². The lowest BCUT2D eigenvalue weighted by molar-refractivity contribution is -0.138. The molecule has 0 saturated heterocycles. The number of hydrogen-bond donors (Lipinski definition) is 1. The minimum atomic E-state index is -3.86. The van der Waals surface area contributed by atoms with Crippen molar-refractivity contribution in [3.05, 3.63) is 76.8 Å². The first kappa shape index (κ1) is 24.7. The summed E-state index contributed by atoms with van der Waals surface area (Å²) in [5.74, 6) is 1.42. The van der Waals surface area contributed by atoms with E-state index in [1.165, 1.54) is 12.1 Å². The number of fused-ring (bicyclic) bond motifs is 1. The Morgan fingerprint density at radius 2 is 1.86 bits per heavy atom. The van der Waals surface area contributed by atoms with Gasteiger partial charge in [0.05, 0.1) is 19.1 Å². The van der Waals surface area contributed by atoms with E-state index in [2.05, 4.69) is 4.72 Å². The fourth-order valence-electron chi connectivity index (χ4n) is 3.93. The van der Waals surface area contributed by atoms with E-state index in [4.69, 9.17) is 25.8 Å². The van der Waals surface area contributed by atoms with E-state index in [1.54, 1.807) is 62.4 Å². The predicted octanol–water partition coefficient (Wildman–Crippen LogP) is 4.47. The van der Waals surface area contributed by atoms with Gasteiger partial charge in [0.25, 0.3) is 15.9 Å². The predicted molar refractivity (Wildman–Crippen MR) is 133 cm³/mol. The van der Waals surface area contributed by atoms with E-state index in [-0.39, 0.29) is 23.9 Å². The summed E-state index contributed by atoms with van der Waals surface area (Å²) in [6.07, 6.45) is -0.721. The number of halogens is 1. The van der Waals surface area contributed by atoms with Crippen LogP contribution >= 0.6 is 11.6 Å². The molecule has 0 bridgehead atoms. The van der Waals surface area contributed by atoms with Crippen molar-refractivity contribution in [2.75, 3.05) is 18.9 Å². The number of anilines is 1. The Kier molecular flexibility index (Phi) is 7.09. The first-order valence-corrected chi connectivity index (χ1v) is 12.6. The lowest BCUT2D eigenvalue weighted by Gasteiger charge is -2.24. The van der Waals surface area contributed by atoms with E-state index in [0.717, 1.165) is 5.56 Å². The maximum Gasteiger partial charge on any atom is 0.263 e. The molecule has 1 aliphatic heterocycles. The Morgan fingerprint density at radius 1 is 1.09 bits per heavy atom. The molecule has 0 fully saturated rings. The number of rotatable bonds is 7. The number of amides is 1. The number of carbonyl (C=O) groups is 1. The third-order valence-electron chi connectivity index (χ3n) is 5.59. The lowest BCUT2D eigenvalue weighted by Crippen LogP contribution is -2.37. The number of benzene rings is 3. The molecule has 184 valence electrons. The van der Waals surface area contributed by atoms with Crippen LogP contribution in [0.15, 0.2) is 65.6 Å². The molecule has 0 aromatic heterocycles. The lowest BCUT2D eigenvalue weighted by atomic mass is 10.1. The Bertz CT molecular complexity index is 1360. The van der Waals surface area contributed by atoms with Gasteiger partial charge in [-0.2, -0.15) is 0 Å². The fraction of sp³-hybridized carbons (Fsp3) is 0.240. The third kappa shape index (κ3) is 5.31. The normalized spacial score (nSPS) is 15.6. The number of sulfonamides is 1. The molecule has 0 aliphatic carbocycles. The highest BCUT2D eigenvalue weighted by Crippen LogP contribution is 2.34. The standard InChI is InChI=1S/C25H25ClN2O6S/c1-16-25(29)28(14-17-6-4-9-23(32-2)24(17)33-3)15-18-12-20(10-11-22(18)34-16)27-35(30,31)21-8-5-7-19(26)13-21/h4-13,16,27H,14-15H2,1-3H3/t16-/m1/s1. The zero-order valence-electron chi connectivity index (χ0n) is 19.4. The van der Waals surface area contributed by atoms with E-state index in [1.807, 2.05) is 12.1 Å². The summed E-state index contributed by atoms with van der Waals surface area (Å²) in [6.45, 7) is 2.15. The Hall–Kier alpha value is -3.43. The summed E-state index contributed by atoms with van der Waals surface area (Å²) in [5.41, 5.74) is 1.78. The van der Waals surface area contributed by atoms with Crippen LogP contribution in [0.2, 0.25) is 5.02 Å². The molecule has 4 rings (SSSR count). The Balaban J connectivity index is 1.64. The molecule has 1 N–H and O–H groups in total. The number of para-hydroxylation sites is 1. The summed E-state index contributed by atoms with van der Waals surface area (Å²) in [5, 5.41) is 0.319. The number of nitrogens with zero attached hydrogens (tertiary/aromatic N) is 1. The van der Waals surface area contributed by atoms with Crippen LogP contribution in [0.1, 0.15) is 18.1 Å². The van der Waals surface area contributed by atoms with Crippen LogP contribution in [-0.2, 0) is 27.9 Å². The smallest absolute Gasteiger partial charge is 0.263 e. The maximum atomic E-state index is 13.1. The average molecular weight is 517 g/mol. The number of nitrogens with one attached hydrogen (secondary N) is 1. The van der Waals surface area contributed by atoms with Crippen molar-refractivity contribution >= 4 is 33.2 Å². The monoisotopic (exact) mass is 516 g/mol. The molecule has 3 aromatic carbocycles. The van der Waals surface area contributed by atoms with Crippen LogP contribution in [0.5, 0.6) is 17.2 Å². The van der Waals surface area contributed by atoms with Gasteiger partial charge in [0.1, 0.15) is 5.75 Å². The molecule has 10 heteroatoms. The van der Waals surface area contributed by atoms with Gasteiger partial charge in [0.2, 0.25) is 0 Å². The first-order valence-electron chi connectivity index (χ1n) is 10.8. The zero-order valence-corrected chi connectivity index (χ0v) is 21.0. The molecule has 8 nitrogen and oxygen atoms in total. The average Bonchev–Trinajstić information content (AvgIpc) is 2.94. The van der Waals surface area contributed by atoms with Crippen LogP contribution in [0.3, 0.4) is 0 Å².